The van der Waals surface area contributed by atoms with Gasteiger partial charge in [-0.1, -0.05) is 6.92 Å². The lowest BCUT2D eigenvalue weighted by atomic mass is 9.93. The quantitative estimate of drug-likeness (QED) is 0.808. The smallest absolute Gasteiger partial charge is 0.312 e. The van der Waals surface area contributed by atoms with E-state index in [0.717, 1.165) is 30.8 Å². The number of rotatable bonds is 2. The number of hydrogen-bond donors (Lipinski definition) is 1. The molecule has 4 heteroatoms. The molecule has 0 aromatic carbocycles. The van der Waals surface area contributed by atoms with E-state index in [1.54, 1.807) is 13.3 Å². The largest absolute Gasteiger partial charge is 0.481 e. The van der Waals surface area contributed by atoms with Crippen LogP contribution in [0.4, 0.5) is 0 Å². The third kappa shape index (κ3) is 1.64. The molecule has 0 fully saturated rings. The fourth-order valence-electron chi connectivity index (χ4n) is 2.28. The van der Waals surface area contributed by atoms with Crippen LogP contribution in [0.25, 0.3) is 0 Å². The first kappa shape index (κ1) is 10.2. The van der Waals surface area contributed by atoms with Crippen LogP contribution in [-0.2, 0) is 11.3 Å². The summed E-state index contributed by atoms with van der Waals surface area (Å²) >= 11 is 0. The van der Waals surface area contributed by atoms with Gasteiger partial charge in [-0.3, -0.25) is 4.79 Å². The minimum atomic E-state index is -0.797. The second-order valence-corrected chi connectivity index (χ2v) is 4.31. The van der Waals surface area contributed by atoms with Crippen molar-refractivity contribution in [2.75, 3.05) is 0 Å². The summed E-state index contributed by atoms with van der Waals surface area (Å²) < 4.78 is 2.10. The zero-order chi connectivity index (χ0) is 11.0. The Bertz CT molecular complexity index is 384. The molecule has 0 radical (unpaired) electrons. The average Bonchev–Trinajstić information content (AvgIpc) is 2.61. The van der Waals surface area contributed by atoms with Crippen LogP contribution in [0.3, 0.4) is 0 Å². The summed E-state index contributed by atoms with van der Waals surface area (Å²) in [5, 5.41) is 8.99. The molecule has 4 nitrogen and oxygen atoms in total. The Labute approximate surface area is 88.9 Å². The lowest BCUT2D eigenvalue weighted by Crippen LogP contribution is -2.17. The number of nitrogens with zero attached hydrogens (tertiary/aromatic N) is 2. The maximum Gasteiger partial charge on any atom is 0.312 e. The summed E-state index contributed by atoms with van der Waals surface area (Å²) in [5.74, 6) is -0.867. The molecule has 15 heavy (non-hydrogen) atoms. The number of carboxylic acid groups (broad SMARTS) is 1. The van der Waals surface area contributed by atoms with Crippen molar-refractivity contribution in [1.82, 2.24) is 9.55 Å². The van der Waals surface area contributed by atoms with E-state index < -0.39 is 11.9 Å². The molecule has 1 aromatic rings. The molecular weight excluding hydrogens is 192 g/mol. The first-order chi connectivity index (χ1) is 7.11. The first-order valence-electron chi connectivity index (χ1n) is 5.39. The predicted octanol–water partition coefficient (Wildman–Crippen LogP) is 1.97. The molecule has 1 aromatic heterocycles. The molecule has 0 spiro atoms. The number of carbonyl (C=O) groups is 1. The molecule has 1 N–H and O–H groups in total. The maximum atomic E-state index is 10.9. The number of fused-ring (bicyclic) bond motifs is 1. The lowest BCUT2D eigenvalue weighted by molar-refractivity contribution is -0.138. The molecule has 0 saturated heterocycles. The molecule has 1 aliphatic heterocycles. The Morgan fingerprint density at radius 2 is 2.47 bits per heavy atom. The van der Waals surface area contributed by atoms with Crippen molar-refractivity contribution < 1.29 is 9.90 Å². The molecule has 82 valence electrons. The summed E-state index contributed by atoms with van der Waals surface area (Å²) in [5.41, 5.74) is 1.87. The van der Waals surface area contributed by atoms with Crippen LogP contribution in [0, 0.1) is 0 Å². The number of aromatic nitrogens is 2. The minimum absolute atomic E-state index is 0.429. The maximum absolute atomic E-state index is 10.9. The van der Waals surface area contributed by atoms with Crippen LogP contribution >= 0.6 is 0 Å². The van der Waals surface area contributed by atoms with Crippen LogP contribution in [0.1, 0.15) is 49.9 Å². The van der Waals surface area contributed by atoms with E-state index in [-0.39, 0.29) is 0 Å². The molecule has 0 saturated carbocycles. The highest BCUT2D eigenvalue weighted by molar-refractivity contribution is 5.75. The van der Waals surface area contributed by atoms with Gasteiger partial charge in [-0.25, -0.2) is 4.98 Å². The van der Waals surface area contributed by atoms with Gasteiger partial charge in [0.25, 0.3) is 0 Å². The Morgan fingerprint density at radius 1 is 1.73 bits per heavy atom. The van der Waals surface area contributed by atoms with Gasteiger partial charge in [0.05, 0.1) is 17.9 Å². The minimum Gasteiger partial charge on any atom is -0.481 e. The molecular formula is C11H16N2O2. The van der Waals surface area contributed by atoms with Crippen LogP contribution < -0.4 is 0 Å². The molecule has 1 aliphatic rings. The highest BCUT2D eigenvalue weighted by atomic mass is 16.4. The highest BCUT2D eigenvalue weighted by Crippen LogP contribution is 2.32. The van der Waals surface area contributed by atoms with Gasteiger partial charge >= 0.3 is 5.97 Å². The van der Waals surface area contributed by atoms with Crippen molar-refractivity contribution in [1.29, 1.82) is 0 Å². The zero-order valence-electron chi connectivity index (χ0n) is 9.10. The highest BCUT2D eigenvalue weighted by Gasteiger charge is 2.27. The van der Waals surface area contributed by atoms with Gasteiger partial charge in [-0.2, -0.15) is 0 Å². The van der Waals surface area contributed by atoms with E-state index in [9.17, 15) is 4.79 Å². The van der Waals surface area contributed by atoms with E-state index >= 15 is 0 Å². The third-order valence-corrected chi connectivity index (χ3v) is 3.19. The van der Waals surface area contributed by atoms with Gasteiger partial charge in [-0.05, 0) is 25.7 Å². The van der Waals surface area contributed by atoms with Gasteiger partial charge < -0.3 is 9.67 Å². The average molecular weight is 208 g/mol. The van der Waals surface area contributed by atoms with Crippen LogP contribution in [0.2, 0.25) is 0 Å². The van der Waals surface area contributed by atoms with Gasteiger partial charge in [0.2, 0.25) is 0 Å². The normalized spacial score (nSPS) is 22.1. The van der Waals surface area contributed by atoms with E-state index in [4.69, 9.17) is 5.11 Å². The Kier molecular flexibility index (Phi) is 2.50. The van der Waals surface area contributed by atoms with Crippen molar-refractivity contribution in [2.24, 2.45) is 0 Å². The Hall–Kier alpha value is -1.32. The molecule has 0 aliphatic carbocycles. The van der Waals surface area contributed by atoms with Gasteiger partial charge in [-0.15, -0.1) is 0 Å². The van der Waals surface area contributed by atoms with Crippen LogP contribution in [-0.4, -0.2) is 20.6 Å². The number of aliphatic carboxylic acids is 1. The van der Waals surface area contributed by atoms with Crippen molar-refractivity contribution in [3.05, 3.63) is 17.7 Å². The molecule has 0 bridgehead atoms. The molecule has 0 amide bonds. The zero-order valence-corrected chi connectivity index (χ0v) is 9.10. The summed E-state index contributed by atoms with van der Waals surface area (Å²) in [4.78, 5) is 15.2. The van der Waals surface area contributed by atoms with Gasteiger partial charge in [0, 0.05) is 12.2 Å². The van der Waals surface area contributed by atoms with E-state index in [1.807, 2.05) is 0 Å². The fourth-order valence-corrected chi connectivity index (χ4v) is 2.28. The van der Waals surface area contributed by atoms with Gasteiger partial charge in [0.1, 0.15) is 0 Å². The Balaban J connectivity index is 2.41. The van der Waals surface area contributed by atoms with Crippen LogP contribution in [0.5, 0.6) is 0 Å². The van der Waals surface area contributed by atoms with Crippen LogP contribution in [0.15, 0.2) is 6.33 Å². The van der Waals surface area contributed by atoms with E-state index in [1.165, 1.54) is 0 Å². The van der Waals surface area contributed by atoms with Crippen molar-refractivity contribution in [3.63, 3.8) is 0 Å². The van der Waals surface area contributed by atoms with E-state index in [0.29, 0.717) is 5.92 Å². The molecule has 2 atom stereocenters. The van der Waals surface area contributed by atoms with E-state index in [2.05, 4.69) is 16.5 Å². The number of carboxylic acids is 1. The van der Waals surface area contributed by atoms with Crippen molar-refractivity contribution >= 4 is 5.97 Å². The first-order valence-corrected chi connectivity index (χ1v) is 5.39. The second-order valence-electron chi connectivity index (χ2n) is 4.31. The lowest BCUT2D eigenvalue weighted by Gasteiger charge is -2.22. The SMILES string of the molecule is CC1CCCn2cnc(C(C)C(=O)O)c21. The standard InChI is InChI=1S/C11H16N2O2/c1-7-4-3-5-13-6-12-9(10(7)13)8(2)11(14)15/h6-8H,3-5H2,1-2H3,(H,14,15). The van der Waals surface area contributed by atoms with Crippen molar-refractivity contribution in [2.45, 2.75) is 45.1 Å². The molecule has 2 unspecified atom stereocenters. The summed E-state index contributed by atoms with van der Waals surface area (Å²) in [7, 11) is 0. The Morgan fingerprint density at radius 3 is 3.13 bits per heavy atom. The summed E-state index contributed by atoms with van der Waals surface area (Å²) in [6.45, 7) is 4.82. The number of aryl methyl sites for hydroxylation is 1. The summed E-state index contributed by atoms with van der Waals surface area (Å²) in [6, 6.07) is 0. The summed E-state index contributed by atoms with van der Waals surface area (Å²) in [6.07, 6.45) is 4.07. The predicted molar refractivity (Wildman–Crippen MR) is 55.9 cm³/mol. The molecule has 2 heterocycles. The number of imidazole rings is 1. The van der Waals surface area contributed by atoms with Gasteiger partial charge in [0.15, 0.2) is 0 Å². The molecule has 2 rings (SSSR count). The third-order valence-electron chi connectivity index (χ3n) is 3.19. The monoisotopic (exact) mass is 208 g/mol. The number of hydrogen-bond acceptors (Lipinski definition) is 2. The second kappa shape index (κ2) is 3.68. The van der Waals surface area contributed by atoms with Crippen molar-refractivity contribution in [3.8, 4) is 0 Å². The topological polar surface area (TPSA) is 55.1 Å². The fraction of sp³-hybridized carbons (Fsp3) is 0.636.